The van der Waals surface area contributed by atoms with Crippen molar-refractivity contribution in [2.24, 2.45) is 0 Å². The molecule has 0 unspecified atom stereocenters. The van der Waals surface area contributed by atoms with Gasteiger partial charge in [0.15, 0.2) is 6.04 Å². The van der Waals surface area contributed by atoms with Gasteiger partial charge in [-0.25, -0.2) is 0 Å². The fraction of sp³-hybridized carbons (Fsp3) is 0.125. The molecule has 1 fully saturated rings. The van der Waals surface area contributed by atoms with Crippen molar-refractivity contribution in [2.45, 2.75) is 19.0 Å². The predicted octanol–water partition coefficient (Wildman–Crippen LogP) is 4.43. The van der Waals surface area contributed by atoms with Crippen LogP contribution in [-0.2, 0) is 4.79 Å². The third kappa shape index (κ3) is 4.86. The molecule has 1 heterocycles. The largest absolute Gasteiger partial charge is 0.334 e. The van der Waals surface area contributed by atoms with E-state index in [0.29, 0.717) is 10.6 Å². The van der Waals surface area contributed by atoms with Crippen LogP contribution in [0, 0.1) is 6.92 Å². The topological polar surface area (TPSA) is 61.2 Å². The Kier molecular flexibility index (Phi) is 6.20. The standard InChI is InChI=1S/C24H19BrClN3O2/c1-15-2-6-18(7-3-15)23(30)27-21-22(17-8-12-20(26)13-9-17)29(28-24(21)31)14-16-4-10-19(25)11-5-16/h2-14,21-22H,1H3,(H-,27,28,30,31)/p+1/b29-14-/t21-,22-/m1/s1. The summed E-state index contributed by atoms with van der Waals surface area (Å²) in [6.07, 6.45) is 1.85. The average Bonchev–Trinajstić information content (AvgIpc) is 3.05. The number of hydrogen-bond acceptors (Lipinski definition) is 2. The summed E-state index contributed by atoms with van der Waals surface area (Å²) < 4.78 is 2.70. The van der Waals surface area contributed by atoms with Crippen LogP contribution < -0.4 is 10.7 Å². The van der Waals surface area contributed by atoms with E-state index in [9.17, 15) is 9.59 Å². The van der Waals surface area contributed by atoms with Gasteiger partial charge in [0.25, 0.3) is 5.91 Å². The molecule has 1 saturated heterocycles. The Morgan fingerprint density at radius 1 is 1.03 bits per heavy atom. The van der Waals surface area contributed by atoms with Crippen LogP contribution >= 0.6 is 27.5 Å². The zero-order chi connectivity index (χ0) is 22.0. The van der Waals surface area contributed by atoms with Crippen LogP contribution in [-0.4, -0.2) is 28.8 Å². The van der Waals surface area contributed by atoms with Crippen molar-refractivity contribution in [3.8, 4) is 0 Å². The van der Waals surface area contributed by atoms with Crippen LogP contribution in [0.15, 0.2) is 77.3 Å². The predicted molar refractivity (Wildman–Crippen MR) is 124 cm³/mol. The molecular weight excluding hydrogens is 478 g/mol. The Labute approximate surface area is 193 Å². The monoisotopic (exact) mass is 496 g/mol. The third-order valence-corrected chi connectivity index (χ3v) is 5.89. The van der Waals surface area contributed by atoms with Crippen molar-refractivity contribution in [2.75, 3.05) is 0 Å². The molecule has 7 heteroatoms. The number of halogens is 2. The Balaban J connectivity index is 1.69. The van der Waals surface area contributed by atoms with Crippen LogP contribution in [0.25, 0.3) is 0 Å². The fourth-order valence-electron chi connectivity index (χ4n) is 3.48. The van der Waals surface area contributed by atoms with Crippen LogP contribution in [0.3, 0.4) is 0 Å². The maximum atomic E-state index is 12.9. The molecule has 3 aromatic carbocycles. The molecule has 0 aliphatic carbocycles. The van der Waals surface area contributed by atoms with Gasteiger partial charge in [-0.2, -0.15) is 0 Å². The smallest absolute Gasteiger partial charge is 0.304 e. The van der Waals surface area contributed by atoms with E-state index in [4.69, 9.17) is 11.6 Å². The van der Waals surface area contributed by atoms with Gasteiger partial charge in [0.05, 0.1) is 0 Å². The van der Waals surface area contributed by atoms with Gasteiger partial charge >= 0.3 is 5.91 Å². The quantitative estimate of drug-likeness (QED) is 0.524. The van der Waals surface area contributed by atoms with Gasteiger partial charge in [-0.05, 0) is 55.5 Å². The number of amides is 2. The van der Waals surface area contributed by atoms with Crippen molar-refractivity contribution in [3.05, 3.63) is 105 Å². The number of carbonyl (C=O) groups is 2. The van der Waals surface area contributed by atoms with E-state index in [1.54, 1.807) is 28.9 Å². The normalized spacial score (nSPS) is 19.3. The van der Waals surface area contributed by atoms with E-state index >= 15 is 0 Å². The molecule has 31 heavy (non-hydrogen) atoms. The minimum atomic E-state index is -0.776. The zero-order valence-corrected chi connectivity index (χ0v) is 19.0. The average molecular weight is 498 g/mol. The molecule has 2 N–H and O–H groups in total. The molecule has 0 spiro atoms. The number of rotatable bonds is 4. The first-order chi connectivity index (χ1) is 14.9. The lowest BCUT2D eigenvalue weighted by molar-refractivity contribution is -0.596. The number of hydrogen-bond donors (Lipinski definition) is 2. The summed E-state index contributed by atoms with van der Waals surface area (Å²) in [6, 6.07) is 21.0. The number of hydrazine groups is 1. The van der Waals surface area contributed by atoms with E-state index in [1.165, 1.54) is 0 Å². The van der Waals surface area contributed by atoms with Crippen molar-refractivity contribution in [1.29, 1.82) is 0 Å². The molecule has 0 aromatic heterocycles. The summed E-state index contributed by atoms with van der Waals surface area (Å²) in [5.41, 5.74) is 6.20. The van der Waals surface area contributed by atoms with Gasteiger partial charge in [-0.3, -0.25) is 9.59 Å². The first-order valence-electron chi connectivity index (χ1n) is 9.73. The van der Waals surface area contributed by atoms with Crippen molar-refractivity contribution < 1.29 is 14.3 Å². The number of nitrogens with zero attached hydrogens (tertiary/aromatic N) is 1. The minimum absolute atomic E-state index is 0.284. The fourth-order valence-corrected chi connectivity index (χ4v) is 3.87. The number of nitrogens with one attached hydrogen (secondary N) is 2. The van der Waals surface area contributed by atoms with Crippen molar-refractivity contribution in [3.63, 3.8) is 0 Å². The van der Waals surface area contributed by atoms with Gasteiger partial charge in [0, 0.05) is 26.2 Å². The molecule has 4 rings (SSSR count). The Morgan fingerprint density at radius 3 is 2.32 bits per heavy atom. The molecule has 2 amide bonds. The lowest BCUT2D eigenvalue weighted by atomic mass is 9.99. The molecular formula is C24H20BrClN3O2+. The summed E-state index contributed by atoms with van der Waals surface area (Å²) >= 11 is 9.49. The summed E-state index contributed by atoms with van der Waals surface area (Å²) in [5, 5.41) is 3.50. The van der Waals surface area contributed by atoms with E-state index in [2.05, 4.69) is 26.7 Å². The first kappa shape index (κ1) is 21.3. The van der Waals surface area contributed by atoms with Crippen molar-refractivity contribution >= 4 is 45.6 Å². The maximum Gasteiger partial charge on any atom is 0.304 e. The molecule has 1 aliphatic rings. The zero-order valence-electron chi connectivity index (χ0n) is 16.7. The summed E-state index contributed by atoms with van der Waals surface area (Å²) in [4.78, 5) is 25.7. The highest BCUT2D eigenvalue weighted by molar-refractivity contribution is 9.10. The summed E-state index contributed by atoms with van der Waals surface area (Å²) in [5.74, 6) is -0.585. The van der Waals surface area contributed by atoms with Gasteiger partial charge in [-0.15, -0.1) is 10.1 Å². The van der Waals surface area contributed by atoms with Gasteiger partial charge in [0.2, 0.25) is 12.3 Å². The number of aryl methyl sites for hydroxylation is 1. The Morgan fingerprint density at radius 2 is 1.68 bits per heavy atom. The maximum absolute atomic E-state index is 12.9. The van der Waals surface area contributed by atoms with Crippen LogP contribution in [0.2, 0.25) is 5.02 Å². The highest BCUT2D eigenvalue weighted by Crippen LogP contribution is 2.27. The second-order valence-corrected chi connectivity index (χ2v) is 8.73. The molecule has 0 saturated carbocycles. The molecule has 3 aromatic rings. The van der Waals surface area contributed by atoms with Gasteiger partial charge < -0.3 is 5.32 Å². The minimum Gasteiger partial charge on any atom is -0.334 e. The van der Waals surface area contributed by atoms with E-state index < -0.39 is 12.1 Å². The molecule has 1 aliphatic heterocycles. The molecule has 0 bridgehead atoms. The van der Waals surface area contributed by atoms with E-state index in [0.717, 1.165) is 21.2 Å². The molecule has 156 valence electrons. The first-order valence-corrected chi connectivity index (χ1v) is 10.9. The summed E-state index contributed by atoms with van der Waals surface area (Å²) in [7, 11) is 0. The SMILES string of the molecule is Cc1ccc(C(=O)N[C@H]2C(=O)N/[N+](=C\c3ccc(Br)cc3)[C@@H]2c2ccc(Cl)cc2)cc1. The van der Waals surface area contributed by atoms with Crippen LogP contribution in [0.1, 0.15) is 33.1 Å². The number of benzene rings is 3. The second kappa shape index (κ2) is 9.04. The highest BCUT2D eigenvalue weighted by atomic mass is 79.9. The lowest BCUT2D eigenvalue weighted by Crippen LogP contribution is -2.42. The van der Waals surface area contributed by atoms with E-state index in [1.807, 2.05) is 61.7 Å². The van der Waals surface area contributed by atoms with Gasteiger partial charge in [0.1, 0.15) is 0 Å². The van der Waals surface area contributed by atoms with Crippen LogP contribution in [0.5, 0.6) is 0 Å². The second-order valence-electron chi connectivity index (χ2n) is 7.38. The lowest BCUT2D eigenvalue weighted by Gasteiger charge is -2.15. The molecule has 2 atom stereocenters. The Bertz CT molecular complexity index is 1140. The number of carbonyl (C=O) groups excluding carboxylic acids is 2. The van der Waals surface area contributed by atoms with Gasteiger partial charge in [-0.1, -0.05) is 57.4 Å². The van der Waals surface area contributed by atoms with E-state index in [-0.39, 0.29) is 11.8 Å². The highest BCUT2D eigenvalue weighted by Gasteiger charge is 2.47. The number of hydrazone groups is 1. The third-order valence-electron chi connectivity index (χ3n) is 5.11. The summed E-state index contributed by atoms with van der Waals surface area (Å²) in [6.45, 7) is 1.96. The Hall–Kier alpha value is -2.96. The molecule has 0 radical (unpaired) electrons. The molecule has 5 nitrogen and oxygen atoms in total. The van der Waals surface area contributed by atoms with Crippen molar-refractivity contribution in [1.82, 2.24) is 10.7 Å². The van der Waals surface area contributed by atoms with Crippen LogP contribution in [0.4, 0.5) is 0 Å².